The van der Waals surface area contributed by atoms with Gasteiger partial charge in [0.25, 0.3) is 0 Å². The van der Waals surface area contributed by atoms with Crippen molar-refractivity contribution in [2.24, 2.45) is 11.8 Å². The first kappa shape index (κ1) is 40.4. The molecule has 0 unspecified atom stereocenters. The van der Waals surface area contributed by atoms with Gasteiger partial charge in [-0.3, -0.25) is 13.7 Å². The van der Waals surface area contributed by atoms with E-state index in [-0.39, 0.29) is 18.6 Å². The fourth-order valence-electron chi connectivity index (χ4n) is 7.26. The SMILES string of the molecule is CC(C)CCn1c(Cn2c(=O)n(S(=O)(=O)O)c3ccccc32)nc2ccccc21.CC(C)CCn1c(Cn2c(=O)n(S(C)(=O)=O)c3ccccc32)nc2ccccc21. The maximum atomic E-state index is 13.0. The summed E-state index contributed by atoms with van der Waals surface area (Å²) >= 11 is 0. The van der Waals surface area contributed by atoms with Gasteiger partial charge in [0.15, 0.2) is 0 Å². The number of para-hydroxylation sites is 8. The van der Waals surface area contributed by atoms with Crippen LogP contribution in [-0.2, 0) is 46.5 Å². The van der Waals surface area contributed by atoms with Crippen molar-refractivity contribution in [2.45, 2.75) is 66.7 Å². The summed E-state index contributed by atoms with van der Waals surface area (Å²) in [6, 6.07) is 29.0. The Kier molecular flexibility index (Phi) is 11.1. The van der Waals surface area contributed by atoms with Crippen molar-refractivity contribution in [3.63, 3.8) is 0 Å². The van der Waals surface area contributed by atoms with E-state index in [1.807, 2.05) is 48.5 Å². The highest BCUT2D eigenvalue weighted by Crippen LogP contribution is 2.23. The Bertz CT molecular complexity index is 2930. The number of aryl methyl sites for hydroxylation is 2. The Balaban J connectivity index is 0.000000177. The zero-order valence-electron chi connectivity index (χ0n) is 32.9. The molecule has 0 saturated carbocycles. The molecule has 4 heterocycles. The van der Waals surface area contributed by atoms with E-state index in [0.29, 0.717) is 38.2 Å². The van der Waals surface area contributed by atoms with Gasteiger partial charge < -0.3 is 9.13 Å². The van der Waals surface area contributed by atoms with E-state index in [0.717, 1.165) is 64.1 Å². The van der Waals surface area contributed by atoms with Crippen LogP contribution in [0.2, 0.25) is 0 Å². The molecule has 0 aliphatic heterocycles. The standard InChI is InChI=1S/C21H24N4O3S.C20H22N4O4S/c1-15(2)12-13-23-17-9-5-4-8-16(17)22-20(23)14-24-18-10-6-7-11-19(18)25(21(24)26)29(3,27)28;1-14(2)11-12-22-16-8-4-3-7-15(16)21-19(22)13-23-17-9-5-6-10-18(17)24(20(23)25)29(26,27)28/h4-11,15H,12-14H2,1-3H3;3-10,14H,11-13H2,1-2H3,(H,26,27,28). The summed E-state index contributed by atoms with van der Waals surface area (Å²) < 4.78 is 66.0. The number of hydrogen-bond acceptors (Lipinski definition) is 8. The van der Waals surface area contributed by atoms with Crippen LogP contribution >= 0.6 is 0 Å². The molecule has 4 aromatic heterocycles. The Morgan fingerprint density at radius 2 is 0.862 bits per heavy atom. The molecule has 0 amide bonds. The highest BCUT2D eigenvalue weighted by Gasteiger charge is 2.24. The molecule has 0 saturated heterocycles. The molecule has 4 aromatic carbocycles. The molecule has 0 spiro atoms. The van der Waals surface area contributed by atoms with E-state index in [1.54, 1.807) is 42.5 Å². The predicted octanol–water partition coefficient (Wildman–Crippen LogP) is 5.95. The molecule has 0 fully saturated rings. The molecule has 1 N–H and O–H groups in total. The second kappa shape index (κ2) is 15.9. The number of imidazole rings is 4. The van der Waals surface area contributed by atoms with Gasteiger partial charge in [-0.05, 0) is 73.2 Å². The van der Waals surface area contributed by atoms with E-state index in [1.165, 1.54) is 15.2 Å². The van der Waals surface area contributed by atoms with Crippen LogP contribution in [0, 0.1) is 11.8 Å². The number of benzene rings is 4. The second-order valence-electron chi connectivity index (χ2n) is 15.2. The monoisotopic (exact) mass is 826 g/mol. The van der Waals surface area contributed by atoms with Crippen molar-refractivity contribution >= 4 is 64.5 Å². The summed E-state index contributed by atoms with van der Waals surface area (Å²) in [7, 11) is -8.46. The summed E-state index contributed by atoms with van der Waals surface area (Å²) in [5.41, 5.74) is 3.77. The Labute approximate surface area is 335 Å². The molecule has 58 heavy (non-hydrogen) atoms. The quantitative estimate of drug-likeness (QED) is 0.146. The Morgan fingerprint density at radius 1 is 0.517 bits per heavy atom. The molecule has 0 aliphatic carbocycles. The molecule has 15 nitrogen and oxygen atoms in total. The predicted molar refractivity (Wildman–Crippen MR) is 226 cm³/mol. The number of fused-ring (bicyclic) bond motifs is 4. The van der Waals surface area contributed by atoms with Crippen LogP contribution in [0.4, 0.5) is 0 Å². The van der Waals surface area contributed by atoms with Gasteiger partial charge in [-0.2, -0.15) is 16.4 Å². The van der Waals surface area contributed by atoms with E-state index in [2.05, 4.69) is 41.8 Å². The lowest BCUT2D eigenvalue weighted by atomic mass is 10.1. The van der Waals surface area contributed by atoms with Crippen LogP contribution in [0.1, 0.15) is 52.2 Å². The highest BCUT2D eigenvalue weighted by molar-refractivity contribution is 7.89. The molecule has 17 heteroatoms. The van der Waals surface area contributed by atoms with Gasteiger partial charge in [0.2, 0.25) is 10.0 Å². The minimum atomic E-state index is -4.73. The third-order valence-corrected chi connectivity index (χ3v) is 11.9. The number of aromatic nitrogens is 8. The van der Waals surface area contributed by atoms with Crippen LogP contribution in [0.25, 0.3) is 44.1 Å². The first-order valence-corrected chi connectivity index (χ1v) is 22.3. The van der Waals surface area contributed by atoms with E-state index < -0.39 is 31.7 Å². The van der Waals surface area contributed by atoms with Crippen molar-refractivity contribution in [3.8, 4) is 0 Å². The molecular weight excluding hydrogens is 781 g/mol. The van der Waals surface area contributed by atoms with Gasteiger partial charge in [0.1, 0.15) is 11.6 Å². The molecule has 304 valence electrons. The molecule has 0 aliphatic rings. The van der Waals surface area contributed by atoms with E-state index in [9.17, 15) is 31.0 Å². The van der Waals surface area contributed by atoms with Gasteiger partial charge >= 0.3 is 21.7 Å². The molecule has 0 atom stereocenters. The third-order valence-electron chi connectivity index (χ3n) is 10.1. The van der Waals surface area contributed by atoms with Crippen molar-refractivity contribution in [2.75, 3.05) is 6.26 Å². The van der Waals surface area contributed by atoms with Crippen LogP contribution in [0.15, 0.2) is 107 Å². The van der Waals surface area contributed by atoms with Gasteiger partial charge in [0, 0.05) is 13.1 Å². The lowest BCUT2D eigenvalue weighted by Crippen LogP contribution is -2.30. The lowest BCUT2D eigenvalue weighted by Gasteiger charge is -2.11. The normalized spacial score (nSPS) is 12.4. The second-order valence-corrected chi connectivity index (χ2v) is 18.3. The average molecular weight is 827 g/mol. The van der Waals surface area contributed by atoms with E-state index >= 15 is 0 Å². The van der Waals surface area contributed by atoms with Crippen LogP contribution in [0.5, 0.6) is 0 Å². The van der Waals surface area contributed by atoms with Crippen molar-refractivity contribution in [3.05, 3.63) is 130 Å². The largest absolute Gasteiger partial charge is 0.368 e. The van der Waals surface area contributed by atoms with Gasteiger partial charge in [-0.15, -0.1) is 0 Å². The first-order chi connectivity index (χ1) is 27.5. The van der Waals surface area contributed by atoms with Crippen molar-refractivity contribution < 1.29 is 21.4 Å². The molecule has 0 radical (unpaired) electrons. The third kappa shape index (κ3) is 7.88. The number of hydrogen-bond donors (Lipinski definition) is 1. The number of rotatable bonds is 12. The Hall–Kier alpha value is -5.78. The summed E-state index contributed by atoms with van der Waals surface area (Å²) in [5.74, 6) is 2.42. The van der Waals surface area contributed by atoms with Gasteiger partial charge in [0.05, 0.1) is 63.5 Å². The van der Waals surface area contributed by atoms with Gasteiger partial charge in [-0.25, -0.2) is 28.0 Å². The topological polar surface area (TPSA) is 178 Å². The van der Waals surface area contributed by atoms with Crippen LogP contribution in [-0.4, -0.2) is 63.8 Å². The molecule has 8 rings (SSSR count). The zero-order chi connectivity index (χ0) is 41.5. The lowest BCUT2D eigenvalue weighted by molar-refractivity contribution is 0.470. The smallest absolute Gasteiger partial charge is 0.326 e. The minimum Gasteiger partial charge on any atom is -0.326 e. The minimum absolute atomic E-state index is 0.0919. The summed E-state index contributed by atoms with van der Waals surface area (Å²) in [6.45, 7) is 10.4. The fourth-order valence-corrected chi connectivity index (χ4v) is 8.85. The van der Waals surface area contributed by atoms with Crippen LogP contribution < -0.4 is 11.4 Å². The summed E-state index contributed by atoms with van der Waals surface area (Å²) in [5, 5.41) is 0. The summed E-state index contributed by atoms with van der Waals surface area (Å²) in [6.07, 6.45) is 2.96. The van der Waals surface area contributed by atoms with Crippen molar-refractivity contribution in [1.82, 2.24) is 36.2 Å². The van der Waals surface area contributed by atoms with E-state index in [4.69, 9.17) is 4.98 Å². The van der Waals surface area contributed by atoms with Crippen LogP contribution in [0.3, 0.4) is 0 Å². The number of nitrogens with zero attached hydrogens (tertiary/aromatic N) is 8. The molecule has 0 bridgehead atoms. The van der Waals surface area contributed by atoms with Crippen molar-refractivity contribution in [1.29, 1.82) is 0 Å². The maximum absolute atomic E-state index is 13.0. The fraction of sp³-hybridized carbons (Fsp3) is 0.317. The first-order valence-electron chi connectivity index (χ1n) is 19.0. The average Bonchev–Trinajstić information content (AvgIpc) is 3.87. The Morgan fingerprint density at radius 3 is 1.24 bits per heavy atom. The van der Waals surface area contributed by atoms with Gasteiger partial charge in [-0.1, -0.05) is 76.2 Å². The molecular formula is C41H46N8O7S2. The zero-order valence-corrected chi connectivity index (χ0v) is 34.6. The molecule has 8 aromatic rings. The maximum Gasteiger partial charge on any atom is 0.368 e. The highest BCUT2D eigenvalue weighted by atomic mass is 32.2. The summed E-state index contributed by atoms with van der Waals surface area (Å²) in [4.78, 5) is 35.4.